The van der Waals surface area contributed by atoms with Crippen molar-refractivity contribution in [3.05, 3.63) is 52.4 Å². The number of rotatable bonds is 4. The smallest absolute Gasteiger partial charge is 0.323 e. The number of carbonyl (C=O) groups excluding carboxylic acids is 2. The van der Waals surface area contributed by atoms with Crippen LogP contribution in [0.4, 0.5) is 16.2 Å². The number of nitrogens with zero attached hydrogens (tertiary/aromatic N) is 3. The Bertz CT molecular complexity index is 1170. The second-order valence-corrected chi connectivity index (χ2v) is 9.85. The van der Waals surface area contributed by atoms with E-state index in [0.29, 0.717) is 35.6 Å². The summed E-state index contributed by atoms with van der Waals surface area (Å²) in [6.45, 7) is 5.73. The monoisotopic (exact) mass is 479 g/mol. The summed E-state index contributed by atoms with van der Waals surface area (Å²) in [6.07, 6.45) is 2.97. The summed E-state index contributed by atoms with van der Waals surface area (Å²) in [5.74, 6) is 1.30. The molecule has 3 aliphatic rings. The van der Waals surface area contributed by atoms with Gasteiger partial charge in [-0.2, -0.15) is 0 Å². The number of nitrogens with one attached hydrogen (secondary N) is 2. The van der Waals surface area contributed by atoms with E-state index in [9.17, 15) is 14.4 Å². The van der Waals surface area contributed by atoms with Gasteiger partial charge >= 0.3 is 6.03 Å². The van der Waals surface area contributed by atoms with Crippen molar-refractivity contribution in [2.75, 3.05) is 43.9 Å². The third-order valence-corrected chi connectivity index (χ3v) is 7.65. The minimum Gasteiger partial charge on any atom is -0.495 e. The zero-order valence-electron chi connectivity index (χ0n) is 20.3. The number of methoxy groups -OCH3 is 1. The zero-order valence-corrected chi connectivity index (χ0v) is 20.3. The summed E-state index contributed by atoms with van der Waals surface area (Å²) < 4.78 is 7.18. The van der Waals surface area contributed by atoms with Crippen molar-refractivity contribution in [2.45, 2.75) is 44.7 Å². The number of hydrogen-bond acceptors (Lipinski definition) is 5. The molecule has 4 heterocycles. The Morgan fingerprint density at radius 1 is 0.971 bits per heavy atom. The molecule has 0 unspecified atom stereocenters. The van der Waals surface area contributed by atoms with Crippen LogP contribution in [0.1, 0.15) is 37.8 Å². The van der Waals surface area contributed by atoms with Crippen molar-refractivity contribution in [3.8, 4) is 5.75 Å². The second-order valence-electron chi connectivity index (χ2n) is 9.85. The molecular formula is C26H33N5O4. The average Bonchev–Trinajstić information content (AvgIpc) is 2.86. The number of pyridine rings is 1. The van der Waals surface area contributed by atoms with Gasteiger partial charge in [0.2, 0.25) is 5.91 Å². The van der Waals surface area contributed by atoms with Crippen molar-refractivity contribution in [1.29, 1.82) is 0 Å². The summed E-state index contributed by atoms with van der Waals surface area (Å²) in [5.41, 5.74) is 2.15. The topological polar surface area (TPSA) is 95.9 Å². The summed E-state index contributed by atoms with van der Waals surface area (Å²) >= 11 is 0. The highest BCUT2D eigenvalue weighted by Crippen LogP contribution is 2.40. The van der Waals surface area contributed by atoms with Crippen LogP contribution in [0, 0.1) is 5.92 Å². The first kappa shape index (κ1) is 23.4. The fourth-order valence-corrected chi connectivity index (χ4v) is 6.03. The molecule has 1 aromatic carbocycles. The molecule has 2 saturated heterocycles. The van der Waals surface area contributed by atoms with Gasteiger partial charge < -0.3 is 24.8 Å². The summed E-state index contributed by atoms with van der Waals surface area (Å²) in [5, 5.41) is 5.84. The van der Waals surface area contributed by atoms with Gasteiger partial charge in [0.1, 0.15) is 5.75 Å². The highest BCUT2D eigenvalue weighted by Gasteiger charge is 2.39. The van der Waals surface area contributed by atoms with Gasteiger partial charge in [0.25, 0.3) is 5.56 Å². The molecule has 3 amide bonds. The number of benzene rings is 1. The van der Waals surface area contributed by atoms with Crippen LogP contribution in [0.2, 0.25) is 0 Å². The van der Waals surface area contributed by atoms with E-state index in [2.05, 4.69) is 15.5 Å². The van der Waals surface area contributed by atoms with E-state index in [1.807, 2.05) is 21.6 Å². The number of fused-ring (bicyclic) bond motifs is 4. The maximum absolute atomic E-state index is 12.9. The molecule has 2 atom stereocenters. The summed E-state index contributed by atoms with van der Waals surface area (Å²) in [4.78, 5) is 41.8. The van der Waals surface area contributed by atoms with Crippen LogP contribution in [-0.4, -0.2) is 65.6 Å². The number of carbonyl (C=O) groups is 2. The van der Waals surface area contributed by atoms with Crippen LogP contribution >= 0.6 is 0 Å². The van der Waals surface area contributed by atoms with E-state index in [-0.39, 0.29) is 23.4 Å². The highest BCUT2D eigenvalue weighted by atomic mass is 16.5. The lowest BCUT2D eigenvalue weighted by atomic mass is 9.81. The minimum atomic E-state index is -0.373. The number of ether oxygens (including phenoxy) is 1. The van der Waals surface area contributed by atoms with E-state index < -0.39 is 0 Å². The standard InChI is InChI=1S/C26H33N5O4/c1-17(32)29-11-9-20(10-12-29)30-14-18-13-19(16-30)25-22(7-8-24(33)31(25)15-18)28-26(34)27-21-5-3-4-6-23(21)35-2/h3-8,18-20H,9-16H2,1-2H3,(H2,27,28,34)/t18-,19+/m0/s1. The van der Waals surface area contributed by atoms with Crippen molar-refractivity contribution in [2.24, 2.45) is 5.92 Å². The molecule has 2 bridgehead atoms. The maximum Gasteiger partial charge on any atom is 0.323 e. The van der Waals surface area contributed by atoms with Gasteiger partial charge in [-0.1, -0.05) is 12.1 Å². The molecule has 0 aliphatic carbocycles. The molecule has 9 heteroatoms. The third kappa shape index (κ3) is 4.77. The van der Waals surface area contributed by atoms with Gasteiger partial charge in [0, 0.05) is 63.4 Å². The number of likely N-dealkylation sites (tertiary alicyclic amines) is 2. The summed E-state index contributed by atoms with van der Waals surface area (Å²) in [7, 11) is 1.56. The Hall–Kier alpha value is -3.33. The van der Waals surface area contributed by atoms with Crippen LogP contribution < -0.4 is 20.9 Å². The molecule has 2 fully saturated rings. The number of aromatic nitrogens is 1. The normalized spacial score (nSPS) is 22.3. The van der Waals surface area contributed by atoms with E-state index in [4.69, 9.17) is 4.74 Å². The Labute approximate surface area is 205 Å². The Morgan fingerprint density at radius 3 is 2.46 bits per heavy atom. The minimum absolute atomic E-state index is 0.0198. The largest absolute Gasteiger partial charge is 0.495 e. The number of amides is 3. The van der Waals surface area contributed by atoms with Crippen molar-refractivity contribution >= 4 is 23.3 Å². The second kappa shape index (κ2) is 9.73. The molecule has 186 valence electrons. The first-order chi connectivity index (χ1) is 16.9. The Morgan fingerprint density at radius 2 is 1.71 bits per heavy atom. The predicted molar refractivity (Wildman–Crippen MR) is 134 cm³/mol. The van der Waals surface area contributed by atoms with Crippen LogP contribution in [0.25, 0.3) is 0 Å². The summed E-state index contributed by atoms with van der Waals surface area (Å²) in [6, 6.07) is 10.6. The lowest BCUT2D eigenvalue weighted by Gasteiger charge is -2.47. The zero-order chi connectivity index (χ0) is 24.5. The van der Waals surface area contributed by atoms with E-state index in [1.54, 1.807) is 38.3 Å². The molecule has 2 aromatic rings. The predicted octanol–water partition coefficient (Wildman–Crippen LogP) is 2.93. The number of urea groups is 1. The average molecular weight is 480 g/mol. The number of para-hydroxylation sites is 2. The molecule has 0 radical (unpaired) electrons. The molecule has 1 aromatic heterocycles. The molecule has 2 N–H and O–H groups in total. The third-order valence-electron chi connectivity index (χ3n) is 7.65. The van der Waals surface area contributed by atoms with Crippen molar-refractivity contribution in [1.82, 2.24) is 14.4 Å². The maximum atomic E-state index is 12.9. The van der Waals surface area contributed by atoms with Crippen LogP contribution in [0.3, 0.4) is 0 Å². The first-order valence-electron chi connectivity index (χ1n) is 12.4. The molecule has 35 heavy (non-hydrogen) atoms. The fraction of sp³-hybridized carbons (Fsp3) is 0.500. The number of piperidine rings is 2. The molecule has 0 saturated carbocycles. The lowest BCUT2D eigenvalue weighted by Crippen LogP contribution is -2.53. The van der Waals surface area contributed by atoms with Crippen molar-refractivity contribution in [3.63, 3.8) is 0 Å². The lowest BCUT2D eigenvalue weighted by molar-refractivity contribution is -0.130. The van der Waals surface area contributed by atoms with Crippen LogP contribution in [0.15, 0.2) is 41.2 Å². The SMILES string of the molecule is COc1ccccc1NC(=O)Nc1ccc(=O)n2c1[C@@H]1C[C@@H](CN(C3CCN(C(C)=O)CC3)C1)C2. The van der Waals surface area contributed by atoms with Gasteiger partial charge in [0.15, 0.2) is 0 Å². The van der Waals surface area contributed by atoms with Gasteiger partial charge in [0.05, 0.1) is 18.5 Å². The molecule has 3 aliphatic heterocycles. The van der Waals surface area contributed by atoms with E-state index in [1.165, 1.54) is 0 Å². The number of anilines is 2. The number of hydrogen-bond donors (Lipinski definition) is 2. The van der Waals surface area contributed by atoms with E-state index in [0.717, 1.165) is 51.1 Å². The Balaban J connectivity index is 1.34. The van der Waals surface area contributed by atoms with Gasteiger partial charge in [-0.3, -0.25) is 14.5 Å². The fourth-order valence-electron chi connectivity index (χ4n) is 6.03. The highest BCUT2D eigenvalue weighted by molar-refractivity contribution is 6.01. The van der Waals surface area contributed by atoms with Crippen LogP contribution in [-0.2, 0) is 11.3 Å². The van der Waals surface area contributed by atoms with Gasteiger partial charge in [-0.25, -0.2) is 4.79 Å². The first-order valence-corrected chi connectivity index (χ1v) is 12.4. The van der Waals surface area contributed by atoms with Gasteiger partial charge in [-0.15, -0.1) is 0 Å². The van der Waals surface area contributed by atoms with Gasteiger partial charge in [-0.05, 0) is 43.4 Å². The molecule has 0 spiro atoms. The Kier molecular flexibility index (Phi) is 6.51. The van der Waals surface area contributed by atoms with E-state index >= 15 is 0 Å². The molecule has 9 nitrogen and oxygen atoms in total. The quantitative estimate of drug-likeness (QED) is 0.703. The molecular weight excluding hydrogens is 446 g/mol. The molecule has 5 rings (SSSR count). The van der Waals surface area contributed by atoms with Crippen molar-refractivity contribution < 1.29 is 14.3 Å². The van der Waals surface area contributed by atoms with Crippen LogP contribution in [0.5, 0.6) is 5.75 Å².